The first kappa shape index (κ1) is 13.3. The summed E-state index contributed by atoms with van der Waals surface area (Å²) in [5.74, 6) is -0.357. The van der Waals surface area contributed by atoms with E-state index in [1.807, 2.05) is 17.5 Å². The number of hydrogen-bond acceptors (Lipinski definition) is 2. The zero-order valence-electron chi connectivity index (χ0n) is 8.95. The minimum absolute atomic E-state index is 0.312. The molecular formula is C13H6BrClFNS. The largest absolute Gasteiger partial charge is 0.207 e. The minimum Gasteiger partial charge on any atom is -0.207 e. The van der Waals surface area contributed by atoms with Crippen LogP contribution in [0.15, 0.2) is 40.2 Å². The van der Waals surface area contributed by atoms with Crippen LogP contribution < -0.4 is 0 Å². The zero-order chi connectivity index (χ0) is 13.1. The van der Waals surface area contributed by atoms with Crippen molar-refractivity contribution in [2.45, 2.75) is 0 Å². The standard InChI is InChI=1S/C13H6BrClFNS/c14-11-6-8(16)3-4-9(11)13(15)10(7-17)12-2-1-5-18-12/h1-6H/b13-10+. The Morgan fingerprint density at radius 1 is 1.39 bits per heavy atom. The van der Waals surface area contributed by atoms with Gasteiger partial charge in [-0.1, -0.05) is 33.6 Å². The SMILES string of the molecule is N#C/C(=C(\Cl)c1ccc(F)cc1Br)c1cccs1. The first-order valence-corrected chi connectivity index (χ1v) is 6.97. The summed E-state index contributed by atoms with van der Waals surface area (Å²) >= 11 is 10.9. The molecule has 0 radical (unpaired) electrons. The van der Waals surface area contributed by atoms with Gasteiger partial charge in [0, 0.05) is 14.9 Å². The van der Waals surface area contributed by atoms with Gasteiger partial charge in [0.2, 0.25) is 0 Å². The van der Waals surface area contributed by atoms with Crippen molar-refractivity contribution in [3.63, 3.8) is 0 Å². The molecule has 0 N–H and O–H groups in total. The Balaban J connectivity index is 2.58. The maximum atomic E-state index is 13.0. The van der Waals surface area contributed by atoms with Crippen LogP contribution in [-0.4, -0.2) is 0 Å². The molecule has 18 heavy (non-hydrogen) atoms. The third-order valence-electron chi connectivity index (χ3n) is 2.27. The number of thiophene rings is 1. The van der Waals surface area contributed by atoms with Gasteiger partial charge in [0.1, 0.15) is 11.9 Å². The Morgan fingerprint density at radius 3 is 2.72 bits per heavy atom. The number of rotatable bonds is 2. The van der Waals surface area contributed by atoms with Gasteiger partial charge in [-0.05, 0) is 29.6 Å². The van der Waals surface area contributed by atoms with E-state index in [-0.39, 0.29) is 5.82 Å². The van der Waals surface area contributed by atoms with Gasteiger partial charge in [-0.2, -0.15) is 5.26 Å². The predicted octanol–water partition coefficient (Wildman–Crippen LogP) is 5.28. The Labute approximate surface area is 121 Å². The minimum atomic E-state index is -0.357. The number of benzene rings is 1. The van der Waals surface area contributed by atoms with Gasteiger partial charge in [0.15, 0.2) is 0 Å². The van der Waals surface area contributed by atoms with Crippen LogP contribution in [0.1, 0.15) is 10.4 Å². The van der Waals surface area contributed by atoms with Crippen LogP contribution in [0.3, 0.4) is 0 Å². The Morgan fingerprint density at radius 2 is 2.17 bits per heavy atom. The van der Waals surface area contributed by atoms with Crippen LogP contribution in [0, 0.1) is 17.1 Å². The maximum Gasteiger partial charge on any atom is 0.124 e. The fourth-order valence-corrected chi connectivity index (χ4v) is 3.19. The highest BCUT2D eigenvalue weighted by molar-refractivity contribution is 9.10. The molecule has 2 aromatic rings. The molecule has 1 nitrogen and oxygen atoms in total. The second-order valence-electron chi connectivity index (χ2n) is 3.40. The van der Waals surface area contributed by atoms with Gasteiger partial charge < -0.3 is 0 Å². The lowest BCUT2D eigenvalue weighted by Crippen LogP contribution is -1.86. The lowest BCUT2D eigenvalue weighted by atomic mass is 10.1. The topological polar surface area (TPSA) is 23.8 Å². The molecule has 0 aliphatic rings. The van der Waals surface area contributed by atoms with Crippen molar-refractivity contribution in [2.24, 2.45) is 0 Å². The van der Waals surface area contributed by atoms with Gasteiger partial charge in [0.05, 0.1) is 10.6 Å². The van der Waals surface area contributed by atoms with Gasteiger partial charge in [-0.3, -0.25) is 0 Å². The summed E-state index contributed by atoms with van der Waals surface area (Å²) in [7, 11) is 0. The monoisotopic (exact) mass is 341 g/mol. The Hall–Kier alpha value is -1.15. The van der Waals surface area contributed by atoms with Crippen molar-refractivity contribution in [3.8, 4) is 6.07 Å². The smallest absolute Gasteiger partial charge is 0.124 e. The number of nitrogens with zero attached hydrogens (tertiary/aromatic N) is 1. The molecule has 0 saturated carbocycles. The van der Waals surface area contributed by atoms with Crippen molar-refractivity contribution in [3.05, 3.63) is 56.4 Å². The fraction of sp³-hybridized carbons (Fsp3) is 0. The van der Waals surface area contributed by atoms with Crippen LogP contribution in [0.4, 0.5) is 4.39 Å². The van der Waals surface area contributed by atoms with Gasteiger partial charge in [0.25, 0.3) is 0 Å². The summed E-state index contributed by atoms with van der Waals surface area (Å²) in [5, 5.41) is 11.4. The molecule has 0 bridgehead atoms. The third-order valence-corrected chi connectivity index (χ3v) is 4.20. The molecular weight excluding hydrogens is 337 g/mol. The molecule has 0 spiro atoms. The highest BCUT2D eigenvalue weighted by Crippen LogP contribution is 2.35. The summed E-state index contributed by atoms with van der Waals surface area (Å²) in [6, 6.07) is 9.94. The van der Waals surface area contributed by atoms with E-state index in [1.165, 1.54) is 23.5 Å². The number of halogens is 3. The molecule has 1 aromatic carbocycles. The zero-order valence-corrected chi connectivity index (χ0v) is 12.1. The van der Waals surface area contributed by atoms with Gasteiger partial charge in [-0.25, -0.2) is 4.39 Å². The summed E-state index contributed by atoms with van der Waals surface area (Å²) in [4.78, 5) is 0.790. The summed E-state index contributed by atoms with van der Waals surface area (Å²) in [5.41, 5.74) is 0.988. The molecule has 1 aromatic heterocycles. The van der Waals surface area contributed by atoms with Crippen LogP contribution >= 0.6 is 38.9 Å². The normalized spacial score (nSPS) is 11.9. The van der Waals surface area contributed by atoms with E-state index in [1.54, 1.807) is 6.07 Å². The molecule has 0 atom stereocenters. The van der Waals surface area contributed by atoms with Crippen molar-refractivity contribution < 1.29 is 4.39 Å². The van der Waals surface area contributed by atoms with Crippen molar-refractivity contribution in [1.82, 2.24) is 0 Å². The molecule has 0 unspecified atom stereocenters. The Bertz CT molecular complexity index is 644. The maximum absolute atomic E-state index is 13.0. The van der Waals surface area contributed by atoms with E-state index < -0.39 is 0 Å². The van der Waals surface area contributed by atoms with E-state index in [4.69, 9.17) is 11.6 Å². The summed E-state index contributed by atoms with van der Waals surface area (Å²) in [6.07, 6.45) is 0. The predicted molar refractivity (Wildman–Crippen MR) is 76.7 cm³/mol. The molecule has 0 aliphatic carbocycles. The average Bonchev–Trinajstić information content (AvgIpc) is 2.83. The van der Waals surface area contributed by atoms with E-state index >= 15 is 0 Å². The highest BCUT2D eigenvalue weighted by atomic mass is 79.9. The van der Waals surface area contributed by atoms with E-state index in [9.17, 15) is 9.65 Å². The Kier molecular flexibility index (Phi) is 4.18. The fourth-order valence-electron chi connectivity index (χ4n) is 1.44. The second-order valence-corrected chi connectivity index (χ2v) is 5.58. The molecule has 0 amide bonds. The third kappa shape index (κ3) is 2.64. The number of hydrogen-bond donors (Lipinski definition) is 0. The molecule has 1 heterocycles. The average molecular weight is 343 g/mol. The first-order valence-electron chi connectivity index (χ1n) is 4.92. The van der Waals surface area contributed by atoms with E-state index in [2.05, 4.69) is 22.0 Å². The molecule has 0 saturated heterocycles. The first-order chi connectivity index (χ1) is 8.63. The second kappa shape index (κ2) is 5.66. The van der Waals surface area contributed by atoms with Crippen molar-refractivity contribution in [2.75, 3.05) is 0 Å². The summed E-state index contributed by atoms with van der Waals surface area (Å²) in [6.45, 7) is 0. The van der Waals surface area contributed by atoms with Gasteiger partial charge in [-0.15, -0.1) is 11.3 Å². The highest BCUT2D eigenvalue weighted by Gasteiger charge is 2.13. The lowest BCUT2D eigenvalue weighted by Gasteiger charge is -2.05. The van der Waals surface area contributed by atoms with Gasteiger partial charge >= 0.3 is 0 Å². The van der Waals surface area contributed by atoms with Crippen molar-refractivity contribution >= 4 is 49.5 Å². The quantitative estimate of drug-likeness (QED) is 0.681. The van der Waals surface area contributed by atoms with Crippen LogP contribution in [0.25, 0.3) is 10.6 Å². The van der Waals surface area contributed by atoms with Crippen molar-refractivity contribution in [1.29, 1.82) is 5.26 Å². The van der Waals surface area contributed by atoms with Crippen LogP contribution in [-0.2, 0) is 0 Å². The van der Waals surface area contributed by atoms with Crippen LogP contribution in [0.2, 0.25) is 0 Å². The molecule has 2 rings (SSSR count). The number of nitriles is 1. The number of allylic oxidation sites excluding steroid dienone is 1. The molecule has 90 valence electrons. The van der Waals surface area contributed by atoms with E-state index in [0.717, 1.165) is 4.88 Å². The van der Waals surface area contributed by atoms with E-state index in [0.29, 0.717) is 20.6 Å². The molecule has 5 heteroatoms. The molecule has 0 aliphatic heterocycles. The summed E-state index contributed by atoms with van der Waals surface area (Å²) < 4.78 is 13.5. The lowest BCUT2D eigenvalue weighted by molar-refractivity contribution is 0.627. The van der Waals surface area contributed by atoms with Crippen LogP contribution in [0.5, 0.6) is 0 Å². The molecule has 0 fully saturated rings.